The highest BCUT2D eigenvalue weighted by Gasteiger charge is 2.22. The first-order valence-electron chi connectivity index (χ1n) is 8.95. The van der Waals surface area contributed by atoms with Crippen molar-refractivity contribution in [3.05, 3.63) is 74.9 Å². The molecule has 29 heavy (non-hydrogen) atoms. The number of hydrogen-bond donors (Lipinski definition) is 2. The van der Waals surface area contributed by atoms with E-state index >= 15 is 0 Å². The van der Waals surface area contributed by atoms with Crippen molar-refractivity contribution < 1.29 is 9.15 Å². The Morgan fingerprint density at radius 1 is 1.03 bits per heavy atom. The van der Waals surface area contributed by atoms with Gasteiger partial charge in [-0.05, 0) is 24.6 Å². The maximum atomic E-state index is 13.2. The first kappa shape index (κ1) is 17.1. The van der Waals surface area contributed by atoms with Gasteiger partial charge >= 0.3 is 0 Å². The smallest absolute Gasteiger partial charge is 0.285 e. The lowest BCUT2D eigenvalue weighted by Gasteiger charge is -2.04. The lowest BCUT2D eigenvalue weighted by atomic mass is 10.1. The summed E-state index contributed by atoms with van der Waals surface area (Å²) in [5.41, 5.74) is 2.52. The van der Waals surface area contributed by atoms with Crippen LogP contribution in [-0.4, -0.2) is 26.7 Å². The Labute approximate surface area is 163 Å². The van der Waals surface area contributed by atoms with Gasteiger partial charge in [-0.1, -0.05) is 36.4 Å². The van der Waals surface area contributed by atoms with Crippen molar-refractivity contribution in [3.8, 4) is 28.3 Å². The minimum absolute atomic E-state index is 0.154. The summed E-state index contributed by atoms with van der Waals surface area (Å²) < 4.78 is 12.3. The monoisotopic (exact) mass is 388 g/mol. The van der Waals surface area contributed by atoms with E-state index in [4.69, 9.17) is 9.15 Å². The van der Waals surface area contributed by atoms with E-state index in [-0.39, 0.29) is 17.0 Å². The summed E-state index contributed by atoms with van der Waals surface area (Å²) in [5.74, 6) is 0.703. The molecule has 0 saturated heterocycles. The zero-order valence-corrected chi connectivity index (χ0v) is 15.6. The Morgan fingerprint density at radius 3 is 2.59 bits per heavy atom. The minimum Gasteiger partial charge on any atom is -0.494 e. The molecule has 0 amide bonds. The normalized spacial score (nSPS) is 11.4. The standard InChI is InChI=1S/C21H16N4O4/c1-11-15(20-23-17-13(28-2)9-6-10-14(17)29-20)21(27)25-18(22-11)16(19(26)24-25)12-7-4-3-5-8-12/h3-10,22H,1-2H3,(H,24,26). The minimum atomic E-state index is -0.430. The van der Waals surface area contributed by atoms with Gasteiger partial charge in [-0.15, -0.1) is 0 Å². The van der Waals surface area contributed by atoms with E-state index in [9.17, 15) is 9.59 Å². The molecule has 2 aromatic carbocycles. The van der Waals surface area contributed by atoms with E-state index in [1.165, 1.54) is 4.52 Å². The molecule has 0 spiro atoms. The van der Waals surface area contributed by atoms with Crippen LogP contribution in [0.15, 0.2) is 62.5 Å². The second-order valence-electron chi connectivity index (χ2n) is 6.62. The van der Waals surface area contributed by atoms with E-state index in [0.717, 1.165) is 0 Å². The Morgan fingerprint density at radius 2 is 1.83 bits per heavy atom. The van der Waals surface area contributed by atoms with E-state index in [2.05, 4.69) is 15.1 Å². The van der Waals surface area contributed by atoms with Crippen molar-refractivity contribution in [3.63, 3.8) is 0 Å². The molecule has 8 heteroatoms. The van der Waals surface area contributed by atoms with Gasteiger partial charge in [0, 0.05) is 5.69 Å². The zero-order valence-electron chi connectivity index (χ0n) is 15.6. The summed E-state index contributed by atoms with van der Waals surface area (Å²) in [7, 11) is 1.54. The second kappa shape index (κ2) is 6.23. The van der Waals surface area contributed by atoms with Crippen LogP contribution in [0.1, 0.15) is 5.69 Å². The van der Waals surface area contributed by atoms with Gasteiger partial charge in [-0.25, -0.2) is 4.98 Å². The van der Waals surface area contributed by atoms with Crippen molar-refractivity contribution in [1.29, 1.82) is 0 Å². The molecule has 0 unspecified atom stereocenters. The number of benzene rings is 2. The number of fused-ring (bicyclic) bond motifs is 2. The summed E-state index contributed by atoms with van der Waals surface area (Å²) in [6.07, 6.45) is 0. The summed E-state index contributed by atoms with van der Waals surface area (Å²) in [5, 5.41) is 2.61. The van der Waals surface area contributed by atoms with Crippen LogP contribution in [0.4, 0.5) is 0 Å². The number of oxazole rings is 1. The average molecular weight is 388 g/mol. The third-order valence-electron chi connectivity index (χ3n) is 4.88. The van der Waals surface area contributed by atoms with Crippen molar-refractivity contribution in [2.45, 2.75) is 6.92 Å². The molecule has 5 rings (SSSR count). The van der Waals surface area contributed by atoms with Crippen molar-refractivity contribution in [2.24, 2.45) is 0 Å². The maximum Gasteiger partial charge on any atom is 0.285 e. The molecular weight excluding hydrogens is 372 g/mol. The number of rotatable bonds is 3. The number of ether oxygens (including phenoxy) is 1. The lowest BCUT2D eigenvalue weighted by molar-refractivity contribution is 0.419. The van der Waals surface area contributed by atoms with Crippen LogP contribution in [0, 0.1) is 6.92 Å². The van der Waals surface area contributed by atoms with E-state index in [1.807, 2.05) is 30.3 Å². The van der Waals surface area contributed by atoms with Crippen molar-refractivity contribution in [1.82, 2.24) is 19.6 Å². The van der Waals surface area contributed by atoms with Gasteiger partial charge in [0.15, 0.2) is 11.1 Å². The molecule has 3 heterocycles. The largest absolute Gasteiger partial charge is 0.494 e. The van der Waals surface area contributed by atoms with Crippen LogP contribution in [-0.2, 0) is 0 Å². The topological polar surface area (TPSA) is 105 Å². The zero-order chi connectivity index (χ0) is 20.1. The molecular formula is C21H16N4O4. The average Bonchev–Trinajstić information content (AvgIpc) is 3.29. The van der Waals surface area contributed by atoms with Crippen molar-refractivity contribution >= 4 is 16.7 Å². The Balaban J connectivity index is 1.79. The predicted molar refractivity (Wildman–Crippen MR) is 108 cm³/mol. The number of aromatic nitrogens is 4. The Hall–Kier alpha value is -4.07. The summed E-state index contributed by atoms with van der Waals surface area (Å²) in [6.45, 7) is 1.75. The number of H-pyrrole nitrogens is 2. The molecule has 0 saturated carbocycles. The highest BCUT2D eigenvalue weighted by molar-refractivity contribution is 5.83. The van der Waals surface area contributed by atoms with Gasteiger partial charge in [0.1, 0.15) is 17.0 Å². The number of methoxy groups -OCH3 is 1. The first-order chi connectivity index (χ1) is 14.1. The van der Waals surface area contributed by atoms with Gasteiger partial charge < -0.3 is 14.1 Å². The molecule has 2 N–H and O–H groups in total. The fraction of sp³-hybridized carbons (Fsp3) is 0.0952. The number of para-hydroxylation sites is 1. The molecule has 144 valence electrons. The molecule has 0 bridgehead atoms. The van der Waals surface area contributed by atoms with E-state index in [1.54, 1.807) is 32.2 Å². The highest BCUT2D eigenvalue weighted by Crippen LogP contribution is 2.30. The number of nitrogens with zero attached hydrogens (tertiary/aromatic N) is 2. The summed E-state index contributed by atoms with van der Waals surface area (Å²) in [6, 6.07) is 14.5. The second-order valence-corrected chi connectivity index (χ2v) is 6.62. The molecule has 5 aromatic rings. The van der Waals surface area contributed by atoms with Gasteiger partial charge in [0.2, 0.25) is 5.89 Å². The van der Waals surface area contributed by atoms with Crippen LogP contribution in [0.25, 0.3) is 39.3 Å². The highest BCUT2D eigenvalue weighted by atomic mass is 16.5. The Kier molecular flexibility index (Phi) is 3.67. The van der Waals surface area contributed by atoms with Crippen LogP contribution < -0.4 is 15.9 Å². The van der Waals surface area contributed by atoms with Crippen LogP contribution in [0.5, 0.6) is 5.75 Å². The van der Waals surface area contributed by atoms with Gasteiger partial charge in [-0.2, -0.15) is 4.52 Å². The summed E-state index contributed by atoms with van der Waals surface area (Å²) in [4.78, 5) is 33.4. The number of aromatic amines is 2. The van der Waals surface area contributed by atoms with Gasteiger partial charge in [0.25, 0.3) is 11.1 Å². The molecule has 0 aliphatic carbocycles. The van der Waals surface area contributed by atoms with E-state index in [0.29, 0.717) is 39.3 Å². The molecule has 0 radical (unpaired) electrons. The quantitative estimate of drug-likeness (QED) is 0.494. The van der Waals surface area contributed by atoms with E-state index < -0.39 is 5.56 Å². The number of nitrogens with one attached hydrogen (secondary N) is 2. The van der Waals surface area contributed by atoms with Crippen molar-refractivity contribution in [2.75, 3.05) is 7.11 Å². The van der Waals surface area contributed by atoms with Gasteiger partial charge in [0.05, 0.1) is 12.7 Å². The molecule has 0 atom stereocenters. The maximum absolute atomic E-state index is 13.2. The fourth-order valence-electron chi connectivity index (χ4n) is 3.54. The molecule has 0 aliphatic rings. The molecule has 0 fully saturated rings. The SMILES string of the molecule is COc1cccc2oc(-c3c(C)[nH]c4c(-c5ccccc5)c(=O)[nH]n4c3=O)nc12. The fourth-order valence-corrected chi connectivity index (χ4v) is 3.54. The van der Waals surface area contributed by atoms with Crippen LogP contribution in [0.3, 0.4) is 0 Å². The van der Waals surface area contributed by atoms with Crippen LogP contribution in [0.2, 0.25) is 0 Å². The van der Waals surface area contributed by atoms with Gasteiger partial charge in [-0.3, -0.25) is 14.7 Å². The van der Waals surface area contributed by atoms with Crippen LogP contribution >= 0.6 is 0 Å². The predicted octanol–water partition coefficient (Wildman–Crippen LogP) is 3.11. The first-order valence-corrected chi connectivity index (χ1v) is 8.95. The Bertz CT molecular complexity index is 1490. The third kappa shape index (κ3) is 2.49. The number of aryl methyl sites for hydroxylation is 1. The molecule has 3 aromatic heterocycles. The summed E-state index contributed by atoms with van der Waals surface area (Å²) >= 11 is 0. The third-order valence-corrected chi connectivity index (χ3v) is 4.88. The molecule has 8 nitrogen and oxygen atoms in total. The molecule has 0 aliphatic heterocycles. The lowest BCUT2D eigenvalue weighted by Crippen LogP contribution is -2.20. The number of hydrogen-bond acceptors (Lipinski definition) is 5.